The molecule has 0 aliphatic heterocycles. The topological polar surface area (TPSA) is 69.3 Å². The van der Waals surface area contributed by atoms with Crippen molar-refractivity contribution in [1.29, 1.82) is 0 Å². The number of hydrogen-bond acceptors (Lipinski definition) is 5. The van der Waals surface area contributed by atoms with E-state index in [1.54, 1.807) is 0 Å². The summed E-state index contributed by atoms with van der Waals surface area (Å²) in [5.41, 5.74) is 9.31. The monoisotopic (exact) mass is 296 g/mol. The predicted molar refractivity (Wildman–Crippen MR) is 81.2 cm³/mol. The van der Waals surface area contributed by atoms with Crippen molar-refractivity contribution in [3.8, 4) is 0 Å². The Labute approximate surface area is 124 Å². The highest BCUT2D eigenvalue weighted by Gasteiger charge is 2.15. The lowest BCUT2D eigenvalue weighted by Gasteiger charge is -1.99. The molecule has 4 rings (SSSR count). The minimum absolute atomic E-state index is 0.410. The molecule has 0 aliphatic rings. The van der Waals surface area contributed by atoms with Crippen molar-refractivity contribution in [1.82, 2.24) is 14.4 Å². The van der Waals surface area contributed by atoms with E-state index in [9.17, 15) is 0 Å². The van der Waals surface area contributed by atoms with Gasteiger partial charge in [-0.15, -0.1) is 0 Å². The number of oxazole rings is 1. The summed E-state index contributed by atoms with van der Waals surface area (Å²) in [6.45, 7) is 0.410. The Morgan fingerprint density at radius 1 is 1.10 bits per heavy atom. The van der Waals surface area contributed by atoms with E-state index in [1.807, 2.05) is 53.1 Å². The average molecular weight is 296 g/mol. The lowest BCUT2D eigenvalue weighted by atomic mass is 10.3. The molecule has 0 saturated heterocycles. The Kier molecular flexibility index (Phi) is 2.90. The number of fused-ring (bicyclic) bond motifs is 2. The van der Waals surface area contributed by atoms with E-state index in [-0.39, 0.29) is 0 Å². The third kappa shape index (κ3) is 2.09. The molecule has 104 valence electrons. The fourth-order valence-corrected chi connectivity index (χ4v) is 3.15. The number of hydrogen-bond donors (Lipinski definition) is 1. The summed E-state index contributed by atoms with van der Waals surface area (Å²) < 4.78 is 7.72. The summed E-state index contributed by atoms with van der Waals surface area (Å²) in [7, 11) is 0. The van der Waals surface area contributed by atoms with Gasteiger partial charge in [0.05, 0.1) is 5.69 Å². The number of aromatic nitrogens is 3. The lowest BCUT2D eigenvalue weighted by molar-refractivity contribution is 0.489. The van der Waals surface area contributed by atoms with Crippen LogP contribution in [0.2, 0.25) is 0 Å². The number of benzene rings is 1. The maximum atomic E-state index is 5.86. The van der Waals surface area contributed by atoms with Crippen LogP contribution in [0.25, 0.3) is 16.7 Å². The molecule has 0 bridgehead atoms. The summed E-state index contributed by atoms with van der Waals surface area (Å²) in [5.74, 6) is 0. The SMILES string of the molecule is NCc1c(Sc2nc3ccccc3o2)nc2ccccn12. The van der Waals surface area contributed by atoms with Gasteiger partial charge in [-0.2, -0.15) is 0 Å². The molecule has 0 spiro atoms. The third-order valence-corrected chi connectivity index (χ3v) is 4.11. The van der Waals surface area contributed by atoms with Gasteiger partial charge in [-0.25, -0.2) is 9.97 Å². The highest BCUT2D eigenvalue weighted by atomic mass is 32.2. The molecule has 6 heteroatoms. The van der Waals surface area contributed by atoms with E-state index in [1.165, 1.54) is 11.8 Å². The fraction of sp³-hybridized carbons (Fsp3) is 0.0667. The molecule has 3 aromatic heterocycles. The average Bonchev–Trinajstić information content (AvgIpc) is 3.06. The van der Waals surface area contributed by atoms with Crippen molar-refractivity contribution in [2.75, 3.05) is 0 Å². The van der Waals surface area contributed by atoms with E-state index in [0.29, 0.717) is 11.8 Å². The van der Waals surface area contributed by atoms with Gasteiger partial charge in [-0.1, -0.05) is 18.2 Å². The number of pyridine rings is 1. The number of nitrogens with two attached hydrogens (primary N) is 1. The van der Waals surface area contributed by atoms with Crippen molar-refractivity contribution in [3.63, 3.8) is 0 Å². The van der Waals surface area contributed by atoms with E-state index in [0.717, 1.165) is 27.5 Å². The summed E-state index contributed by atoms with van der Waals surface area (Å²) >= 11 is 1.40. The Balaban J connectivity index is 1.79. The Morgan fingerprint density at radius 3 is 2.81 bits per heavy atom. The summed E-state index contributed by atoms with van der Waals surface area (Å²) in [6, 6.07) is 13.6. The molecule has 5 nitrogen and oxygen atoms in total. The van der Waals surface area contributed by atoms with Gasteiger partial charge in [0.15, 0.2) is 5.58 Å². The van der Waals surface area contributed by atoms with Crippen LogP contribution in [0.3, 0.4) is 0 Å². The molecule has 0 amide bonds. The number of nitrogens with zero attached hydrogens (tertiary/aromatic N) is 3. The van der Waals surface area contributed by atoms with Crippen LogP contribution in [0, 0.1) is 0 Å². The van der Waals surface area contributed by atoms with Crippen LogP contribution >= 0.6 is 11.8 Å². The van der Waals surface area contributed by atoms with Crippen LogP contribution in [0.5, 0.6) is 0 Å². The van der Waals surface area contributed by atoms with Crippen molar-refractivity contribution in [2.45, 2.75) is 16.8 Å². The molecule has 0 radical (unpaired) electrons. The lowest BCUT2D eigenvalue weighted by Crippen LogP contribution is -2.01. The second-order valence-electron chi connectivity index (χ2n) is 4.55. The first-order chi connectivity index (χ1) is 10.3. The Bertz CT molecular complexity index is 895. The highest BCUT2D eigenvalue weighted by Crippen LogP contribution is 2.31. The van der Waals surface area contributed by atoms with E-state index in [2.05, 4.69) is 9.97 Å². The standard InChI is InChI=1S/C15H12N4OS/c16-9-11-14(18-13-7-3-4-8-19(11)13)21-15-17-10-5-1-2-6-12(10)20-15/h1-8H,9,16H2. The van der Waals surface area contributed by atoms with Gasteiger partial charge >= 0.3 is 0 Å². The normalized spacial score (nSPS) is 11.5. The van der Waals surface area contributed by atoms with Crippen LogP contribution in [-0.2, 0) is 6.54 Å². The van der Waals surface area contributed by atoms with Gasteiger partial charge in [-0.05, 0) is 36.0 Å². The quantitative estimate of drug-likeness (QED) is 0.629. The summed E-state index contributed by atoms with van der Waals surface area (Å²) in [5, 5.41) is 1.41. The van der Waals surface area contributed by atoms with Crippen molar-refractivity contribution < 1.29 is 4.42 Å². The molecule has 21 heavy (non-hydrogen) atoms. The minimum atomic E-state index is 0.410. The smallest absolute Gasteiger partial charge is 0.263 e. The van der Waals surface area contributed by atoms with Gasteiger partial charge in [0.25, 0.3) is 5.22 Å². The first-order valence-corrected chi connectivity index (χ1v) is 7.36. The molecule has 4 aromatic rings. The van der Waals surface area contributed by atoms with Gasteiger partial charge in [0, 0.05) is 12.7 Å². The van der Waals surface area contributed by atoms with Gasteiger partial charge in [0.2, 0.25) is 0 Å². The maximum Gasteiger partial charge on any atom is 0.263 e. The Hall–Kier alpha value is -2.31. The molecular formula is C15H12N4OS. The predicted octanol–water partition coefficient (Wildman–Crippen LogP) is 3.09. The molecule has 2 N–H and O–H groups in total. The van der Waals surface area contributed by atoms with Crippen molar-refractivity contribution >= 4 is 28.5 Å². The zero-order chi connectivity index (χ0) is 14.2. The van der Waals surface area contributed by atoms with Gasteiger partial charge in [0.1, 0.15) is 16.2 Å². The van der Waals surface area contributed by atoms with E-state index < -0.39 is 0 Å². The number of para-hydroxylation sites is 2. The zero-order valence-corrected chi connectivity index (χ0v) is 11.9. The first-order valence-electron chi connectivity index (χ1n) is 6.54. The molecule has 1 aromatic carbocycles. The minimum Gasteiger partial charge on any atom is -0.431 e. The van der Waals surface area contributed by atoms with E-state index in [4.69, 9.17) is 10.2 Å². The van der Waals surface area contributed by atoms with Crippen LogP contribution < -0.4 is 5.73 Å². The molecule has 0 saturated carbocycles. The second-order valence-corrected chi connectivity index (χ2v) is 5.49. The van der Waals surface area contributed by atoms with Crippen molar-refractivity contribution in [3.05, 3.63) is 54.4 Å². The molecule has 0 atom stereocenters. The number of imidazole rings is 1. The van der Waals surface area contributed by atoms with Crippen LogP contribution in [0.1, 0.15) is 5.69 Å². The largest absolute Gasteiger partial charge is 0.431 e. The van der Waals surface area contributed by atoms with Crippen molar-refractivity contribution in [2.24, 2.45) is 5.73 Å². The van der Waals surface area contributed by atoms with Gasteiger partial charge in [-0.3, -0.25) is 0 Å². The Morgan fingerprint density at radius 2 is 1.95 bits per heavy atom. The highest BCUT2D eigenvalue weighted by molar-refractivity contribution is 7.99. The second kappa shape index (κ2) is 4.91. The van der Waals surface area contributed by atoms with E-state index >= 15 is 0 Å². The van der Waals surface area contributed by atoms with Crippen LogP contribution in [-0.4, -0.2) is 14.4 Å². The third-order valence-electron chi connectivity index (χ3n) is 3.24. The van der Waals surface area contributed by atoms with Crippen LogP contribution in [0.4, 0.5) is 0 Å². The molecule has 0 fully saturated rings. The number of rotatable bonds is 3. The molecule has 3 heterocycles. The fourth-order valence-electron chi connectivity index (χ4n) is 2.27. The first kappa shape index (κ1) is 12.4. The zero-order valence-electron chi connectivity index (χ0n) is 11.1. The van der Waals surface area contributed by atoms with Crippen LogP contribution in [0.15, 0.2) is 63.3 Å². The van der Waals surface area contributed by atoms with Gasteiger partial charge < -0.3 is 14.6 Å². The summed E-state index contributed by atoms with van der Waals surface area (Å²) in [4.78, 5) is 9.05. The molecule has 0 aliphatic carbocycles. The molecule has 0 unspecified atom stereocenters. The maximum absolute atomic E-state index is 5.86. The molecular weight excluding hydrogens is 284 g/mol. The summed E-state index contributed by atoms with van der Waals surface area (Å²) in [6.07, 6.45) is 1.96.